The number of anilines is 2. The Balaban J connectivity index is 1.84. The van der Waals surface area contributed by atoms with Crippen LogP contribution in [0.3, 0.4) is 0 Å². The predicted octanol–water partition coefficient (Wildman–Crippen LogP) is 2.80. The molecule has 1 aromatic heterocycles. The molecule has 3 amide bonds. The fourth-order valence-corrected chi connectivity index (χ4v) is 2.28. The van der Waals surface area contributed by atoms with Crippen LogP contribution in [-0.2, 0) is 0 Å². The van der Waals surface area contributed by atoms with Crippen LogP contribution >= 0.6 is 0 Å². The fourth-order valence-electron chi connectivity index (χ4n) is 2.28. The number of nitrogens with one attached hydrogen (secondary N) is 3. The molecule has 0 fully saturated rings. The van der Waals surface area contributed by atoms with Crippen molar-refractivity contribution in [3.05, 3.63) is 70.6 Å². The minimum Gasteiger partial charge on any atom is -0.451 e. The van der Waals surface area contributed by atoms with Gasteiger partial charge in [-0.15, -0.1) is 0 Å². The molecular weight excluding hydrogens is 322 g/mol. The van der Waals surface area contributed by atoms with Crippen molar-refractivity contribution in [2.24, 2.45) is 0 Å². The maximum absolute atomic E-state index is 12.4. The molecule has 0 aliphatic rings. The number of hydrogen-bond acceptors (Lipinski definition) is 4. The van der Waals surface area contributed by atoms with Crippen LogP contribution in [0.25, 0.3) is 11.0 Å². The summed E-state index contributed by atoms with van der Waals surface area (Å²) in [6.07, 6.45) is 0. The molecule has 3 N–H and O–H groups in total. The highest BCUT2D eigenvalue weighted by Gasteiger charge is 2.13. The molecule has 0 unspecified atom stereocenters. The third-order valence-corrected chi connectivity index (χ3v) is 3.46. The van der Waals surface area contributed by atoms with Crippen LogP contribution in [0.2, 0.25) is 0 Å². The molecule has 0 saturated heterocycles. The van der Waals surface area contributed by atoms with Crippen LogP contribution < -0.4 is 21.4 Å². The van der Waals surface area contributed by atoms with E-state index < -0.39 is 5.91 Å². The van der Waals surface area contributed by atoms with Crippen molar-refractivity contribution in [1.29, 1.82) is 0 Å². The van der Waals surface area contributed by atoms with E-state index in [9.17, 15) is 14.4 Å². The zero-order valence-corrected chi connectivity index (χ0v) is 13.3. The summed E-state index contributed by atoms with van der Waals surface area (Å²) in [4.78, 5) is 35.8. The Kier molecular flexibility index (Phi) is 4.47. The van der Waals surface area contributed by atoms with E-state index in [1.54, 1.807) is 48.5 Å². The van der Waals surface area contributed by atoms with Gasteiger partial charge >= 0.3 is 6.03 Å². The summed E-state index contributed by atoms with van der Waals surface area (Å²) in [5.41, 5.74) is 1.02. The minimum atomic E-state index is -0.556. The van der Waals surface area contributed by atoms with Crippen LogP contribution in [0.15, 0.2) is 63.8 Å². The van der Waals surface area contributed by atoms with Crippen molar-refractivity contribution < 1.29 is 14.0 Å². The molecule has 126 valence electrons. The van der Waals surface area contributed by atoms with Gasteiger partial charge in [0.15, 0.2) is 11.2 Å². The SMILES string of the molecule is CNC(=O)Nc1cccc(NC(=O)c2cc(=O)c3ccccc3o2)c1. The number of carbonyl (C=O) groups is 2. The smallest absolute Gasteiger partial charge is 0.318 e. The first-order valence-corrected chi connectivity index (χ1v) is 7.50. The summed E-state index contributed by atoms with van der Waals surface area (Å²) in [6, 6.07) is 14.1. The van der Waals surface area contributed by atoms with Crippen molar-refractivity contribution in [2.45, 2.75) is 0 Å². The van der Waals surface area contributed by atoms with Crippen molar-refractivity contribution in [2.75, 3.05) is 17.7 Å². The van der Waals surface area contributed by atoms with Gasteiger partial charge in [0.05, 0.1) is 5.39 Å². The Hall–Kier alpha value is -3.61. The third kappa shape index (κ3) is 3.66. The number of amides is 3. The zero-order valence-electron chi connectivity index (χ0n) is 13.3. The van der Waals surface area contributed by atoms with Crippen LogP contribution in [0.5, 0.6) is 0 Å². The summed E-state index contributed by atoms with van der Waals surface area (Å²) in [7, 11) is 1.50. The van der Waals surface area contributed by atoms with E-state index in [0.29, 0.717) is 22.3 Å². The Bertz CT molecular complexity index is 1010. The largest absolute Gasteiger partial charge is 0.451 e. The fraction of sp³-hybridized carbons (Fsp3) is 0.0556. The van der Waals surface area contributed by atoms with E-state index in [2.05, 4.69) is 16.0 Å². The van der Waals surface area contributed by atoms with E-state index in [1.807, 2.05) is 0 Å². The van der Waals surface area contributed by atoms with Crippen molar-refractivity contribution in [3.63, 3.8) is 0 Å². The van der Waals surface area contributed by atoms with Gasteiger partial charge in [-0.05, 0) is 30.3 Å². The molecule has 3 rings (SSSR count). The Morgan fingerprint density at radius 2 is 1.64 bits per heavy atom. The maximum Gasteiger partial charge on any atom is 0.318 e. The summed E-state index contributed by atoms with van der Waals surface area (Å²) >= 11 is 0. The summed E-state index contributed by atoms with van der Waals surface area (Å²) in [6.45, 7) is 0. The number of fused-ring (bicyclic) bond motifs is 1. The first-order valence-electron chi connectivity index (χ1n) is 7.50. The van der Waals surface area contributed by atoms with Gasteiger partial charge < -0.3 is 20.4 Å². The Morgan fingerprint density at radius 1 is 0.920 bits per heavy atom. The van der Waals surface area contributed by atoms with E-state index in [0.717, 1.165) is 6.07 Å². The Labute approximate surface area is 142 Å². The normalized spacial score (nSPS) is 10.3. The molecule has 0 atom stereocenters. The molecule has 0 spiro atoms. The number of carbonyl (C=O) groups excluding carboxylic acids is 2. The van der Waals surface area contributed by atoms with Crippen LogP contribution in [0.1, 0.15) is 10.6 Å². The molecule has 0 radical (unpaired) electrons. The van der Waals surface area contributed by atoms with Gasteiger partial charge in [-0.3, -0.25) is 9.59 Å². The lowest BCUT2D eigenvalue weighted by Gasteiger charge is -2.08. The maximum atomic E-state index is 12.4. The van der Waals surface area contributed by atoms with E-state index in [1.165, 1.54) is 7.05 Å². The average Bonchev–Trinajstić information content (AvgIpc) is 2.62. The molecule has 0 aliphatic heterocycles. The van der Waals surface area contributed by atoms with Crippen LogP contribution in [0.4, 0.5) is 16.2 Å². The summed E-state index contributed by atoms with van der Waals surface area (Å²) < 4.78 is 5.50. The minimum absolute atomic E-state index is 0.0895. The average molecular weight is 337 g/mol. The van der Waals surface area contributed by atoms with Crippen LogP contribution in [-0.4, -0.2) is 19.0 Å². The number of rotatable bonds is 3. The number of benzene rings is 2. The molecule has 25 heavy (non-hydrogen) atoms. The molecular formula is C18H15N3O4. The lowest BCUT2D eigenvalue weighted by atomic mass is 10.2. The van der Waals surface area contributed by atoms with Gasteiger partial charge in [0.2, 0.25) is 0 Å². The van der Waals surface area contributed by atoms with Gasteiger partial charge in [0, 0.05) is 24.5 Å². The predicted molar refractivity (Wildman–Crippen MR) is 95.0 cm³/mol. The first kappa shape index (κ1) is 16.3. The second kappa shape index (κ2) is 6.88. The number of urea groups is 1. The second-order valence-electron chi connectivity index (χ2n) is 5.21. The monoisotopic (exact) mass is 337 g/mol. The molecule has 7 nitrogen and oxygen atoms in total. The third-order valence-electron chi connectivity index (χ3n) is 3.46. The molecule has 0 aliphatic carbocycles. The summed E-state index contributed by atoms with van der Waals surface area (Å²) in [5.74, 6) is -0.645. The zero-order chi connectivity index (χ0) is 17.8. The van der Waals surface area contributed by atoms with Gasteiger partial charge in [-0.25, -0.2) is 4.79 Å². The van der Waals surface area contributed by atoms with Gasteiger partial charge in [-0.2, -0.15) is 0 Å². The quantitative estimate of drug-likeness (QED) is 0.684. The molecule has 2 aromatic carbocycles. The van der Waals surface area contributed by atoms with Crippen molar-refractivity contribution in [1.82, 2.24) is 5.32 Å². The van der Waals surface area contributed by atoms with E-state index >= 15 is 0 Å². The van der Waals surface area contributed by atoms with Crippen LogP contribution in [0, 0.1) is 0 Å². The first-order chi connectivity index (χ1) is 12.1. The van der Waals surface area contributed by atoms with Gasteiger partial charge in [0.25, 0.3) is 5.91 Å². The number of hydrogen-bond donors (Lipinski definition) is 3. The van der Waals surface area contributed by atoms with E-state index in [4.69, 9.17) is 4.42 Å². The molecule has 0 saturated carbocycles. The highest BCUT2D eigenvalue weighted by Crippen LogP contribution is 2.17. The molecule has 0 bridgehead atoms. The number of para-hydroxylation sites is 1. The topological polar surface area (TPSA) is 100 Å². The lowest BCUT2D eigenvalue weighted by Crippen LogP contribution is -2.24. The van der Waals surface area contributed by atoms with Crippen molar-refractivity contribution >= 4 is 34.3 Å². The van der Waals surface area contributed by atoms with Gasteiger partial charge in [0.1, 0.15) is 5.58 Å². The highest BCUT2D eigenvalue weighted by atomic mass is 16.3. The molecule has 1 heterocycles. The highest BCUT2D eigenvalue weighted by molar-refractivity contribution is 6.03. The lowest BCUT2D eigenvalue weighted by molar-refractivity contribution is 0.0997. The second-order valence-corrected chi connectivity index (χ2v) is 5.21. The molecule has 7 heteroatoms. The van der Waals surface area contributed by atoms with E-state index in [-0.39, 0.29) is 17.2 Å². The van der Waals surface area contributed by atoms with Gasteiger partial charge in [-0.1, -0.05) is 18.2 Å². The molecule has 3 aromatic rings. The standard InChI is InChI=1S/C18H15N3O4/c1-19-18(24)21-12-6-4-5-11(9-12)20-17(23)16-10-14(22)13-7-2-3-8-15(13)25-16/h2-10H,1H3,(H,20,23)(H2,19,21,24). The summed E-state index contributed by atoms with van der Waals surface area (Å²) in [5, 5.41) is 8.09. The van der Waals surface area contributed by atoms with Crippen molar-refractivity contribution in [3.8, 4) is 0 Å². The Morgan fingerprint density at radius 3 is 2.40 bits per heavy atom.